The van der Waals surface area contributed by atoms with Crippen molar-refractivity contribution in [2.24, 2.45) is 5.92 Å². The van der Waals surface area contributed by atoms with Gasteiger partial charge in [0, 0.05) is 12.6 Å². The van der Waals surface area contributed by atoms with Gasteiger partial charge in [0.1, 0.15) is 6.20 Å². The predicted molar refractivity (Wildman–Crippen MR) is 77.9 cm³/mol. The van der Waals surface area contributed by atoms with Crippen molar-refractivity contribution >= 4 is 17.5 Å². The molecule has 1 heterocycles. The summed E-state index contributed by atoms with van der Waals surface area (Å²) in [6.45, 7) is 4.69. The number of hydrogen-bond donors (Lipinski definition) is 2. The maximum absolute atomic E-state index is 11.1. The van der Waals surface area contributed by atoms with Crippen LogP contribution in [0.5, 0.6) is 0 Å². The maximum atomic E-state index is 11.1. The van der Waals surface area contributed by atoms with Crippen LogP contribution in [0.15, 0.2) is 6.20 Å². The van der Waals surface area contributed by atoms with Crippen LogP contribution in [0.2, 0.25) is 0 Å². The molecule has 1 aromatic heterocycles. The molecule has 1 atom stereocenters. The molecular weight excluding hydrogens is 258 g/mol. The first-order valence-corrected chi connectivity index (χ1v) is 7.15. The van der Waals surface area contributed by atoms with Crippen molar-refractivity contribution in [1.29, 1.82) is 0 Å². The molecule has 0 aromatic carbocycles. The monoisotopic (exact) mass is 279 g/mol. The van der Waals surface area contributed by atoms with E-state index in [4.69, 9.17) is 0 Å². The van der Waals surface area contributed by atoms with Crippen molar-refractivity contribution < 1.29 is 4.92 Å². The predicted octanol–water partition coefficient (Wildman–Crippen LogP) is 2.81. The number of aromatic nitrogens is 2. The molecule has 0 aliphatic heterocycles. The molecule has 0 amide bonds. The molecule has 7 heteroatoms. The highest BCUT2D eigenvalue weighted by Gasteiger charge is 2.26. The van der Waals surface area contributed by atoms with Crippen molar-refractivity contribution in [3.63, 3.8) is 0 Å². The standard InChI is InChI=1S/C13H21N5O2/c1-3-10(7-9-5-6-9)16-12-11(18(19)20)8-15-13(17-12)14-4-2/h8-10H,3-7H2,1-2H3,(H2,14,15,16,17). The van der Waals surface area contributed by atoms with E-state index in [9.17, 15) is 10.1 Å². The Bertz CT molecular complexity index is 476. The molecule has 1 aliphatic carbocycles. The number of nitro groups is 1. The lowest BCUT2D eigenvalue weighted by Crippen LogP contribution is -2.21. The van der Waals surface area contributed by atoms with Crippen LogP contribution in [0.25, 0.3) is 0 Å². The topological polar surface area (TPSA) is 93.0 Å². The van der Waals surface area contributed by atoms with E-state index in [1.54, 1.807) is 0 Å². The Morgan fingerprint density at radius 2 is 2.25 bits per heavy atom. The summed E-state index contributed by atoms with van der Waals surface area (Å²) in [4.78, 5) is 18.8. The van der Waals surface area contributed by atoms with Crippen LogP contribution in [-0.4, -0.2) is 27.5 Å². The molecule has 20 heavy (non-hydrogen) atoms. The molecule has 1 aromatic rings. The van der Waals surface area contributed by atoms with Crippen molar-refractivity contribution in [2.45, 2.75) is 45.6 Å². The minimum absolute atomic E-state index is 0.0686. The van der Waals surface area contributed by atoms with Crippen molar-refractivity contribution in [3.05, 3.63) is 16.3 Å². The first-order valence-electron chi connectivity index (χ1n) is 7.15. The van der Waals surface area contributed by atoms with E-state index in [1.807, 2.05) is 6.92 Å². The summed E-state index contributed by atoms with van der Waals surface area (Å²) in [5, 5.41) is 17.3. The molecule has 1 saturated carbocycles. The minimum atomic E-state index is -0.443. The highest BCUT2D eigenvalue weighted by molar-refractivity contribution is 5.57. The van der Waals surface area contributed by atoms with Gasteiger partial charge in [-0.1, -0.05) is 19.8 Å². The Balaban J connectivity index is 2.16. The lowest BCUT2D eigenvalue weighted by Gasteiger charge is -2.17. The zero-order chi connectivity index (χ0) is 14.5. The number of anilines is 2. The third-order valence-electron chi connectivity index (χ3n) is 3.45. The van der Waals surface area contributed by atoms with E-state index in [-0.39, 0.29) is 11.7 Å². The average molecular weight is 279 g/mol. The fourth-order valence-electron chi connectivity index (χ4n) is 2.14. The minimum Gasteiger partial charge on any atom is -0.361 e. The molecule has 1 aliphatic rings. The first-order chi connectivity index (χ1) is 9.63. The largest absolute Gasteiger partial charge is 0.361 e. The maximum Gasteiger partial charge on any atom is 0.329 e. The smallest absolute Gasteiger partial charge is 0.329 e. The van der Waals surface area contributed by atoms with Crippen LogP contribution < -0.4 is 10.6 Å². The lowest BCUT2D eigenvalue weighted by molar-refractivity contribution is -0.384. The molecule has 1 fully saturated rings. The molecular formula is C13H21N5O2. The summed E-state index contributed by atoms with van der Waals surface area (Å²) in [5.74, 6) is 1.50. The summed E-state index contributed by atoms with van der Waals surface area (Å²) in [6.07, 6.45) is 5.78. The van der Waals surface area contributed by atoms with Gasteiger partial charge in [0.25, 0.3) is 0 Å². The van der Waals surface area contributed by atoms with Crippen LogP contribution in [0, 0.1) is 16.0 Å². The van der Waals surface area contributed by atoms with E-state index in [0.29, 0.717) is 18.3 Å². The number of nitrogens with one attached hydrogen (secondary N) is 2. The molecule has 1 unspecified atom stereocenters. The van der Waals surface area contributed by atoms with Crippen LogP contribution in [0.1, 0.15) is 39.5 Å². The van der Waals surface area contributed by atoms with Gasteiger partial charge in [-0.25, -0.2) is 4.98 Å². The van der Waals surface area contributed by atoms with Gasteiger partial charge in [0.05, 0.1) is 4.92 Å². The second kappa shape index (κ2) is 6.49. The fourth-order valence-corrected chi connectivity index (χ4v) is 2.14. The molecule has 0 spiro atoms. The van der Waals surface area contributed by atoms with Crippen molar-refractivity contribution in [2.75, 3.05) is 17.2 Å². The van der Waals surface area contributed by atoms with Gasteiger partial charge in [-0.05, 0) is 25.7 Å². The summed E-state index contributed by atoms with van der Waals surface area (Å²) in [5.41, 5.74) is -0.0686. The molecule has 0 radical (unpaired) electrons. The molecule has 0 saturated heterocycles. The fraction of sp³-hybridized carbons (Fsp3) is 0.692. The average Bonchev–Trinajstić information content (AvgIpc) is 3.22. The summed E-state index contributed by atoms with van der Waals surface area (Å²) >= 11 is 0. The molecule has 110 valence electrons. The molecule has 2 rings (SSSR count). The normalized spacial score (nSPS) is 15.7. The molecule has 2 N–H and O–H groups in total. The van der Waals surface area contributed by atoms with E-state index >= 15 is 0 Å². The number of rotatable bonds is 8. The van der Waals surface area contributed by atoms with Gasteiger partial charge in [-0.15, -0.1) is 0 Å². The van der Waals surface area contributed by atoms with Crippen molar-refractivity contribution in [1.82, 2.24) is 9.97 Å². The van der Waals surface area contributed by atoms with Gasteiger partial charge in [-0.2, -0.15) is 4.98 Å². The number of nitrogens with zero attached hydrogens (tertiary/aromatic N) is 3. The SMILES string of the molecule is CCNc1ncc([N+](=O)[O-])c(NC(CC)CC2CC2)n1. The molecule has 7 nitrogen and oxygen atoms in total. The highest BCUT2D eigenvalue weighted by atomic mass is 16.6. The van der Waals surface area contributed by atoms with E-state index in [0.717, 1.165) is 18.8 Å². The Labute approximate surface area is 118 Å². The Morgan fingerprint density at radius 3 is 2.80 bits per heavy atom. The first kappa shape index (κ1) is 14.5. The van der Waals surface area contributed by atoms with Crippen LogP contribution in [0.3, 0.4) is 0 Å². The summed E-state index contributed by atoms with van der Waals surface area (Å²) in [6, 6.07) is 0.227. The Kier molecular flexibility index (Phi) is 4.70. The van der Waals surface area contributed by atoms with Gasteiger partial charge < -0.3 is 10.6 Å². The van der Waals surface area contributed by atoms with Crippen LogP contribution in [-0.2, 0) is 0 Å². The third-order valence-corrected chi connectivity index (χ3v) is 3.45. The second-order valence-corrected chi connectivity index (χ2v) is 5.14. The van der Waals surface area contributed by atoms with Crippen molar-refractivity contribution in [3.8, 4) is 0 Å². The van der Waals surface area contributed by atoms with Gasteiger partial charge in [0.15, 0.2) is 0 Å². The van der Waals surface area contributed by atoms with Crippen LogP contribution in [0.4, 0.5) is 17.5 Å². The van der Waals surface area contributed by atoms with Gasteiger partial charge >= 0.3 is 5.69 Å². The van der Waals surface area contributed by atoms with E-state index in [2.05, 4.69) is 27.5 Å². The highest BCUT2D eigenvalue weighted by Crippen LogP contribution is 2.35. The summed E-state index contributed by atoms with van der Waals surface area (Å²) < 4.78 is 0. The molecule has 0 bridgehead atoms. The zero-order valence-corrected chi connectivity index (χ0v) is 11.9. The Hall–Kier alpha value is -1.92. The van der Waals surface area contributed by atoms with Gasteiger partial charge in [0.2, 0.25) is 11.8 Å². The van der Waals surface area contributed by atoms with E-state index in [1.165, 1.54) is 19.0 Å². The number of hydrogen-bond acceptors (Lipinski definition) is 6. The van der Waals surface area contributed by atoms with E-state index < -0.39 is 4.92 Å². The van der Waals surface area contributed by atoms with Crippen LogP contribution >= 0.6 is 0 Å². The quantitative estimate of drug-likeness (QED) is 0.561. The third kappa shape index (κ3) is 3.79. The second-order valence-electron chi connectivity index (χ2n) is 5.14. The lowest BCUT2D eigenvalue weighted by atomic mass is 10.1. The zero-order valence-electron chi connectivity index (χ0n) is 11.9. The Morgan fingerprint density at radius 1 is 1.50 bits per heavy atom. The van der Waals surface area contributed by atoms with Gasteiger partial charge in [-0.3, -0.25) is 10.1 Å². The summed E-state index contributed by atoms with van der Waals surface area (Å²) in [7, 11) is 0.